The Labute approximate surface area is 237 Å². The van der Waals surface area contributed by atoms with Crippen LogP contribution in [0.4, 0.5) is 0 Å². The lowest BCUT2D eigenvalue weighted by atomic mass is 10.0. The first-order valence-corrected chi connectivity index (χ1v) is 18.1. The molecule has 0 aliphatic heterocycles. The van der Waals surface area contributed by atoms with E-state index < -0.39 is 0 Å². The van der Waals surface area contributed by atoms with Crippen LogP contribution >= 0.6 is 0 Å². The molecule has 1 heteroatoms. The van der Waals surface area contributed by atoms with E-state index in [0.717, 1.165) is 0 Å². The third kappa shape index (κ3) is 36.0. The van der Waals surface area contributed by atoms with Crippen LogP contribution in [0.25, 0.3) is 0 Å². The third-order valence-corrected chi connectivity index (χ3v) is 8.41. The number of nitrogens with one attached hydrogen (secondary N) is 1. The largest absolute Gasteiger partial charge is 0.317 e. The molecule has 1 nitrogen and oxygen atoms in total. The fourth-order valence-corrected chi connectivity index (χ4v) is 5.72. The molecule has 0 atom stereocenters. The molecule has 0 aliphatic carbocycles. The molecule has 1 N–H and O–H groups in total. The van der Waals surface area contributed by atoms with Crippen LogP contribution < -0.4 is 5.32 Å². The highest BCUT2D eigenvalue weighted by Gasteiger charge is 1.97. The zero-order chi connectivity index (χ0) is 26.7. The predicted octanol–water partition coefficient (Wildman–Crippen LogP) is 13.1. The third-order valence-electron chi connectivity index (χ3n) is 8.41. The van der Waals surface area contributed by atoms with E-state index in [4.69, 9.17) is 0 Å². The molecule has 0 aromatic heterocycles. The smallest absolute Gasteiger partial charge is 0.00489 e. The molecule has 0 amide bonds. The van der Waals surface area contributed by atoms with Crippen LogP contribution in [0, 0.1) is 0 Å². The summed E-state index contributed by atoms with van der Waals surface area (Å²) in [5, 5.41) is 3.68. The molecular formula is C36H75N. The van der Waals surface area contributed by atoms with Crippen molar-refractivity contribution in [3.8, 4) is 0 Å². The van der Waals surface area contributed by atoms with Crippen molar-refractivity contribution >= 4 is 0 Å². The minimum atomic E-state index is 1.25. The highest BCUT2D eigenvalue weighted by Crippen LogP contribution is 2.15. The van der Waals surface area contributed by atoms with Gasteiger partial charge in [0.05, 0.1) is 0 Å². The van der Waals surface area contributed by atoms with Gasteiger partial charge in [0.2, 0.25) is 0 Å². The Morgan fingerprint density at radius 3 is 0.568 bits per heavy atom. The Kier molecular flexibility index (Phi) is 35.9. The van der Waals surface area contributed by atoms with E-state index in [0.29, 0.717) is 0 Å². The molecule has 0 aromatic carbocycles. The molecule has 0 aliphatic rings. The number of hydrogen-bond donors (Lipinski definition) is 1. The molecule has 224 valence electrons. The molecule has 0 saturated carbocycles. The normalized spacial score (nSPS) is 11.5. The maximum atomic E-state index is 3.68. The average Bonchev–Trinajstić information content (AvgIpc) is 2.91. The van der Waals surface area contributed by atoms with E-state index in [2.05, 4.69) is 19.2 Å². The monoisotopic (exact) mass is 522 g/mol. The average molecular weight is 522 g/mol. The maximum absolute atomic E-state index is 3.68. The van der Waals surface area contributed by atoms with Crippen molar-refractivity contribution in [3.05, 3.63) is 0 Å². The Hall–Kier alpha value is -0.0400. The molecule has 0 fully saturated rings. The summed E-state index contributed by atoms with van der Waals surface area (Å²) in [4.78, 5) is 0. The first kappa shape index (κ1) is 37.0. The zero-order valence-electron chi connectivity index (χ0n) is 26.5. The van der Waals surface area contributed by atoms with Crippen LogP contribution in [-0.2, 0) is 0 Å². The molecule has 0 rings (SSSR count). The fourth-order valence-electron chi connectivity index (χ4n) is 5.72. The highest BCUT2D eigenvalue weighted by atomic mass is 14.8. The van der Waals surface area contributed by atoms with Gasteiger partial charge < -0.3 is 5.32 Å². The SMILES string of the molecule is CCCCCCCCCCCCCCCCCCNCCCCCCCCCCCCCCCCCC. The number of unbranched alkanes of at least 4 members (excludes halogenated alkanes) is 30. The van der Waals surface area contributed by atoms with Gasteiger partial charge in [-0.25, -0.2) is 0 Å². The molecule has 0 saturated heterocycles. The second-order valence-electron chi connectivity index (χ2n) is 12.4. The van der Waals surface area contributed by atoms with Gasteiger partial charge in [0.15, 0.2) is 0 Å². The molecule has 0 bridgehead atoms. The summed E-state index contributed by atoms with van der Waals surface area (Å²) in [6, 6.07) is 0. The van der Waals surface area contributed by atoms with E-state index in [1.807, 2.05) is 0 Å². The van der Waals surface area contributed by atoms with Crippen molar-refractivity contribution in [1.29, 1.82) is 0 Å². The number of rotatable bonds is 34. The lowest BCUT2D eigenvalue weighted by molar-refractivity contribution is 0.515. The van der Waals surface area contributed by atoms with Crippen molar-refractivity contribution in [2.45, 2.75) is 219 Å². The fraction of sp³-hybridized carbons (Fsp3) is 1.00. The van der Waals surface area contributed by atoms with Crippen molar-refractivity contribution in [1.82, 2.24) is 5.32 Å². The topological polar surface area (TPSA) is 12.0 Å². The summed E-state index contributed by atoms with van der Waals surface area (Å²) in [5.74, 6) is 0. The van der Waals surface area contributed by atoms with Gasteiger partial charge >= 0.3 is 0 Å². The molecule has 0 aromatic rings. The lowest BCUT2D eigenvalue weighted by Gasteiger charge is -2.06. The van der Waals surface area contributed by atoms with Gasteiger partial charge in [-0.05, 0) is 25.9 Å². The van der Waals surface area contributed by atoms with Crippen molar-refractivity contribution in [2.75, 3.05) is 13.1 Å². The van der Waals surface area contributed by atoms with Crippen molar-refractivity contribution in [3.63, 3.8) is 0 Å². The molecule has 0 radical (unpaired) electrons. The van der Waals surface area contributed by atoms with Gasteiger partial charge in [-0.1, -0.05) is 206 Å². The standard InChI is InChI=1S/C36H75N/c1-3-5-7-9-11-13-15-17-19-21-23-25-27-29-31-33-35-37-36-34-32-30-28-26-24-22-20-18-16-14-12-10-8-6-4-2/h37H,3-36H2,1-2H3. The zero-order valence-corrected chi connectivity index (χ0v) is 26.5. The Bertz CT molecular complexity index is 332. The van der Waals surface area contributed by atoms with Crippen LogP contribution in [0.3, 0.4) is 0 Å². The predicted molar refractivity (Wildman–Crippen MR) is 172 cm³/mol. The minimum absolute atomic E-state index is 1.25. The van der Waals surface area contributed by atoms with Crippen molar-refractivity contribution in [2.24, 2.45) is 0 Å². The van der Waals surface area contributed by atoms with Crippen LogP contribution in [0.5, 0.6) is 0 Å². The summed E-state index contributed by atoms with van der Waals surface area (Å²) in [5.41, 5.74) is 0. The summed E-state index contributed by atoms with van der Waals surface area (Å²) in [7, 11) is 0. The van der Waals surface area contributed by atoms with Crippen LogP contribution in [0.2, 0.25) is 0 Å². The maximum Gasteiger partial charge on any atom is -0.00489 e. The van der Waals surface area contributed by atoms with E-state index in [-0.39, 0.29) is 0 Å². The van der Waals surface area contributed by atoms with E-state index in [1.165, 1.54) is 219 Å². The minimum Gasteiger partial charge on any atom is -0.317 e. The summed E-state index contributed by atoms with van der Waals surface area (Å²) < 4.78 is 0. The summed E-state index contributed by atoms with van der Waals surface area (Å²) in [6.07, 6.45) is 46.7. The second kappa shape index (κ2) is 36.0. The molecule has 0 unspecified atom stereocenters. The van der Waals surface area contributed by atoms with E-state index in [1.54, 1.807) is 0 Å². The van der Waals surface area contributed by atoms with Gasteiger partial charge in [0.25, 0.3) is 0 Å². The summed E-state index contributed by atoms with van der Waals surface area (Å²) >= 11 is 0. The van der Waals surface area contributed by atoms with E-state index >= 15 is 0 Å². The molecular weight excluding hydrogens is 446 g/mol. The molecule has 0 spiro atoms. The Morgan fingerprint density at radius 1 is 0.216 bits per heavy atom. The van der Waals surface area contributed by atoms with Crippen LogP contribution in [-0.4, -0.2) is 13.1 Å². The van der Waals surface area contributed by atoms with Gasteiger partial charge in [-0.2, -0.15) is 0 Å². The Morgan fingerprint density at radius 2 is 0.378 bits per heavy atom. The quantitative estimate of drug-likeness (QED) is 0.0830. The molecule has 37 heavy (non-hydrogen) atoms. The lowest BCUT2D eigenvalue weighted by Crippen LogP contribution is -2.16. The highest BCUT2D eigenvalue weighted by molar-refractivity contribution is 4.54. The van der Waals surface area contributed by atoms with Crippen LogP contribution in [0.1, 0.15) is 219 Å². The second-order valence-corrected chi connectivity index (χ2v) is 12.4. The molecule has 0 heterocycles. The van der Waals surface area contributed by atoms with Crippen molar-refractivity contribution < 1.29 is 0 Å². The van der Waals surface area contributed by atoms with Gasteiger partial charge in [0.1, 0.15) is 0 Å². The van der Waals surface area contributed by atoms with Crippen LogP contribution in [0.15, 0.2) is 0 Å². The van der Waals surface area contributed by atoms with Gasteiger partial charge in [0, 0.05) is 0 Å². The van der Waals surface area contributed by atoms with Gasteiger partial charge in [-0.3, -0.25) is 0 Å². The Balaban J connectivity index is 3.00. The van der Waals surface area contributed by atoms with E-state index in [9.17, 15) is 0 Å². The first-order valence-electron chi connectivity index (χ1n) is 18.1. The number of hydrogen-bond acceptors (Lipinski definition) is 1. The summed E-state index contributed by atoms with van der Waals surface area (Å²) in [6.45, 7) is 7.11. The van der Waals surface area contributed by atoms with Gasteiger partial charge in [-0.15, -0.1) is 0 Å². The first-order chi connectivity index (χ1) is 18.4.